The van der Waals surface area contributed by atoms with Crippen molar-refractivity contribution in [1.82, 2.24) is 9.55 Å². The van der Waals surface area contributed by atoms with Crippen LogP contribution in [0.15, 0.2) is 52.1 Å². The molecule has 0 fully saturated rings. The van der Waals surface area contributed by atoms with Crippen LogP contribution in [0.3, 0.4) is 0 Å². The van der Waals surface area contributed by atoms with Gasteiger partial charge in [0, 0.05) is 0 Å². The monoisotopic (exact) mass is 301 g/mol. The first-order valence-electron chi connectivity index (χ1n) is 6.53. The van der Waals surface area contributed by atoms with Crippen LogP contribution in [-0.2, 0) is 4.79 Å². The number of carbonyl (C=O) groups is 1. The molecule has 1 atom stereocenters. The lowest BCUT2D eigenvalue weighted by molar-refractivity contribution is -0.139. The van der Waals surface area contributed by atoms with E-state index in [0.29, 0.717) is 10.9 Å². The van der Waals surface area contributed by atoms with Crippen molar-refractivity contribution in [3.63, 3.8) is 0 Å². The number of aromatic nitrogens is 2. The van der Waals surface area contributed by atoms with Crippen LogP contribution in [0.1, 0.15) is 6.92 Å². The highest BCUT2D eigenvalue weighted by Crippen LogP contribution is 2.04. The average molecular weight is 301 g/mol. The lowest BCUT2D eigenvalue weighted by Gasteiger charge is -2.05. The van der Waals surface area contributed by atoms with Gasteiger partial charge >= 0.3 is 11.7 Å². The number of hydrogen-bond acceptors (Lipinski definition) is 4. The molecule has 0 aliphatic rings. The third kappa shape index (κ3) is 2.98. The number of carboxylic acid groups (broad SMARTS) is 1. The van der Waals surface area contributed by atoms with E-state index in [1.54, 1.807) is 24.3 Å². The fourth-order valence-corrected chi connectivity index (χ4v) is 1.87. The van der Waals surface area contributed by atoms with Gasteiger partial charge in [-0.2, -0.15) is 0 Å². The third-order valence-electron chi connectivity index (χ3n) is 3.12. The molecular formula is C15H15N3O4. The lowest BCUT2D eigenvalue weighted by Crippen LogP contribution is -2.36. The Labute approximate surface area is 125 Å². The Bertz CT molecular complexity index is 890. The molecule has 0 bridgehead atoms. The van der Waals surface area contributed by atoms with Crippen LogP contribution in [0.2, 0.25) is 0 Å². The molecule has 2 rings (SSSR count). The Balaban J connectivity index is 2.48. The summed E-state index contributed by atoms with van der Waals surface area (Å²) in [5.74, 6) is -1.77. The minimum Gasteiger partial charge on any atom is -0.481 e. The molecule has 0 amide bonds. The highest BCUT2D eigenvalue weighted by Gasteiger charge is 2.09. The molecular weight excluding hydrogens is 286 g/mol. The number of benzene rings is 1. The van der Waals surface area contributed by atoms with Crippen molar-refractivity contribution in [1.29, 1.82) is 0 Å². The maximum Gasteiger partial charge on any atom is 0.334 e. The van der Waals surface area contributed by atoms with Crippen molar-refractivity contribution in [2.24, 2.45) is 11.7 Å². The number of allylic oxidation sites excluding steroid dienone is 2. The Morgan fingerprint density at radius 2 is 2.05 bits per heavy atom. The highest BCUT2D eigenvalue weighted by atomic mass is 16.4. The first kappa shape index (κ1) is 15.3. The molecule has 2 aromatic rings. The second-order valence-electron chi connectivity index (χ2n) is 4.72. The van der Waals surface area contributed by atoms with Crippen molar-refractivity contribution < 1.29 is 9.90 Å². The largest absolute Gasteiger partial charge is 0.481 e. The zero-order valence-electron chi connectivity index (χ0n) is 11.8. The first-order valence-corrected chi connectivity index (χ1v) is 6.53. The topological polar surface area (TPSA) is 118 Å². The molecule has 0 saturated carbocycles. The van der Waals surface area contributed by atoms with E-state index >= 15 is 0 Å². The second kappa shape index (κ2) is 6.13. The van der Waals surface area contributed by atoms with E-state index in [4.69, 9.17) is 10.8 Å². The van der Waals surface area contributed by atoms with Crippen LogP contribution in [0.4, 0.5) is 0 Å². The number of H-pyrrole nitrogens is 1. The van der Waals surface area contributed by atoms with E-state index in [-0.39, 0.29) is 5.82 Å². The minimum atomic E-state index is -0.982. The predicted octanol–water partition coefficient (Wildman–Crippen LogP) is 0.724. The fraction of sp³-hybridized carbons (Fsp3) is 0.133. The molecule has 7 heteroatoms. The van der Waals surface area contributed by atoms with Gasteiger partial charge in [0.25, 0.3) is 5.56 Å². The minimum absolute atomic E-state index is 0.0918. The molecule has 1 unspecified atom stereocenters. The standard InChI is InChI=1S/C15H15N3O4/c1-9(14(20)21)5-4-8-12(16)18-13(19)10-6-2-3-7-11(10)17-15(18)22/h2-9H,16H2,1H3,(H,17,22)(H,20,21)/b5-4-,12-8+. The number of nitrogens with one attached hydrogen (secondary N) is 1. The van der Waals surface area contributed by atoms with Crippen molar-refractivity contribution in [2.75, 3.05) is 0 Å². The summed E-state index contributed by atoms with van der Waals surface area (Å²) in [4.78, 5) is 37.5. The lowest BCUT2D eigenvalue weighted by atomic mass is 10.2. The van der Waals surface area contributed by atoms with Gasteiger partial charge in [-0.25, -0.2) is 9.36 Å². The molecule has 4 N–H and O–H groups in total. The van der Waals surface area contributed by atoms with Gasteiger partial charge in [0.15, 0.2) is 0 Å². The Morgan fingerprint density at radius 1 is 1.36 bits per heavy atom. The summed E-state index contributed by atoms with van der Waals surface area (Å²) in [6.45, 7) is 1.50. The predicted molar refractivity (Wildman–Crippen MR) is 83.2 cm³/mol. The summed E-state index contributed by atoms with van der Waals surface area (Å²) in [5.41, 5.74) is 4.99. The zero-order valence-corrected chi connectivity index (χ0v) is 11.8. The summed E-state index contributed by atoms with van der Waals surface area (Å²) in [6.07, 6.45) is 4.11. The second-order valence-corrected chi connectivity index (χ2v) is 4.72. The normalized spacial score (nSPS) is 13.6. The van der Waals surface area contributed by atoms with Crippen LogP contribution < -0.4 is 17.0 Å². The Hall–Kier alpha value is -3.09. The number of aromatic amines is 1. The van der Waals surface area contributed by atoms with Crippen molar-refractivity contribution >= 4 is 22.7 Å². The molecule has 1 aromatic heterocycles. The summed E-state index contributed by atoms with van der Waals surface area (Å²) >= 11 is 0. The van der Waals surface area contributed by atoms with Gasteiger partial charge in [0.05, 0.1) is 16.8 Å². The molecule has 22 heavy (non-hydrogen) atoms. The van der Waals surface area contributed by atoms with E-state index < -0.39 is 23.1 Å². The van der Waals surface area contributed by atoms with Gasteiger partial charge in [-0.1, -0.05) is 24.3 Å². The molecule has 0 radical (unpaired) electrons. The van der Waals surface area contributed by atoms with Gasteiger partial charge in [0.1, 0.15) is 5.82 Å². The van der Waals surface area contributed by atoms with Gasteiger partial charge in [-0.05, 0) is 25.1 Å². The third-order valence-corrected chi connectivity index (χ3v) is 3.12. The fourth-order valence-electron chi connectivity index (χ4n) is 1.87. The molecule has 1 heterocycles. The number of nitrogens with zero attached hydrogens (tertiary/aromatic N) is 1. The number of para-hydroxylation sites is 1. The summed E-state index contributed by atoms with van der Waals surface area (Å²) in [7, 11) is 0. The van der Waals surface area contributed by atoms with E-state index in [1.165, 1.54) is 25.2 Å². The first-order chi connectivity index (χ1) is 10.4. The summed E-state index contributed by atoms with van der Waals surface area (Å²) in [5, 5.41) is 9.09. The number of nitrogens with two attached hydrogens (primary N) is 1. The maximum absolute atomic E-state index is 12.3. The number of hydrogen-bond donors (Lipinski definition) is 3. The number of carboxylic acids is 1. The molecule has 1 aromatic carbocycles. The van der Waals surface area contributed by atoms with Gasteiger partial charge in [-0.15, -0.1) is 0 Å². The Kier molecular flexibility index (Phi) is 4.26. The van der Waals surface area contributed by atoms with Crippen molar-refractivity contribution in [3.05, 3.63) is 63.3 Å². The van der Waals surface area contributed by atoms with Crippen LogP contribution in [0.5, 0.6) is 0 Å². The quantitative estimate of drug-likeness (QED) is 0.719. The van der Waals surface area contributed by atoms with Crippen LogP contribution in [0.25, 0.3) is 16.7 Å². The molecule has 0 saturated heterocycles. The van der Waals surface area contributed by atoms with Crippen molar-refractivity contribution in [2.45, 2.75) is 6.92 Å². The smallest absolute Gasteiger partial charge is 0.334 e. The average Bonchev–Trinajstić information content (AvgIpc) is 2.47. The molecule has 114 valence electrons. The number of fused-ring (bicyclic) bond motifs is 1. The van der Waals surface area contributed by atoms with Crippen molar-refractivity contribution in [3.8, 4) is 0 Å². The van der Waals surface area contributed by atoms with Gasteiger partial charge in [-0.3, -0.25) is 9.59 Å². The van der Waals surface area contributed by atoms with Crippen LogP contribution in [0, 0.1) is 5.92 Å². The van der Waals surface area contributed by atoms with E-state index in [1.807, 2.05) is 0 Å². The Morgan fingerprint density at radius 3 is 2.73 bits per heavy atom. The van der Waals surface area contributed by atoms with Gasteiger partial charge < -0.3 is 15.8 Å². The molecule has 0 spiro atoms. The molecule has 0 aliphatic heterocycles. The number of aliphatic carboxylic acids is 1. The molecule has 0 aliphatic carbocycles. The van der Waals surface area contributed by atoms with Gasteiger partial charge in [0.2, 0.25) is 0 Å². The van der Waals surface area contributed by atoms with E-state index in [2.05, 4.69) is 4.98 Å². The number of rotatable bonds is 4. The highest BCUT2D eigenvalue weighted by molar-refractivity contribution is 5.77. The van der Waals surface area contributed by atoms with Crippen LogP contribution >= 0.6 is 0 Å². The maximum atomic E-state index is 12.3. The zero-order chi connectivity index (χ0) is 16.3. The summed E-state index contributed by atoms with van der Waals surface area (Å²) in [6, 6.07) is 6.59. The molecule has 7 nitrogen and oxygen atoms in total. The summed E-state index contributed by atoms with van der Waals surface area (Å²) < 4.78 is 0.804. The van der Waals surface area contributed by atoms with E-state index in [9.17, 15) is 14.4 Å². The van der Waals surface area contributed by atoms with Crippen LogP contribution in [-0.4, -0.2) is 20.6 Å². The van der Waals surface area contributed by atoms with E-state index in [0.717, 1.165) is 4.57 Å². The SMILES string of the molecule is CC(/C=C\C=C(/N)n1c(=O)[nH]c2ccccc2c1=O)C(=O)O.